The number of benzene rings is 1. The van der Waals surface area contributed by atoms with Crippen molar-refractivity contribution in [2.75, 3.05) is 13.1 Å². The zero-order valence-corrected chi connectivity index (χ0v) is 24.7. The minimum absolute atomic E-state index is 0.000426. The Labute approximate surface area is 229 Å². The van der Waals surface area contributed by atoms with Crippen molar-refractivity contribution in [3.8, 4) is 0 Å². The standard InChI is InChI=1S/C24H32BNO4.C6H14O2/c1-6-16-12-17(25)11-15(2)20(16)21-18(27)13-24(14-19(21)28)7-9-26(10-8-24)22(29)30-23(3,4)5;1-5(2,7)6(3,4)8/h11-12,21H,6-10,13-14H2,1-5H3;7-8H,1-4H3. The quantitative estimate of drug-likeness (QED) is 0.456. The summed E-state index contributed by atoms with van der Waals surface area (Å²) in [4.78, 5) is 40.5. The molecule has 2 fully saturated rings. The third-order valence-corrected chi connectivity index (χ3v) is 7.88. The summed E-state index contributed by atoms with van der Waals surface area (Å²) in [5.41, 5.74) is 0.517. The third-order valence-electron chi connectivity index (χ3n) is 7.88. The highest BCUT2D eigenvalue weighted by molar-refractivity contribution is 6.32. The first-order chi connectivity index (χ1) is 17.2. The maximum absolute atomic E-state index is 13.2. The molecule has 210 valence electrons. The molecule has 2 N–H and O–H groups in total. The number of likely N-dealkylation sites (tertiary alicyclic amines) is 1. The van der Waals surface area contributed by atoms with Gasteiger partial charge in [0.15, 0.2) is 0 Å². The van der Waals surface area contributed by atoms with Crippen LogP contribution in [0.2, 0.25) is 0 Å². The van der Waals surface area contributed by atoms with E-state index in [0.29, 0.717) is 44.2 Å². The van der Waals surface area contributed by atoms with E-state index >= 15 is 0 Å². The van der Waals surface area contributed by atoms with Gasteiger partial charge in [0.2, 0.25) is 0 Å². The molecule has 3 rings (SSSR count). The summed E-state index contributed by atoms with van der Waals surface area (Å²) in [6.07, 6.45) is 2.48. The summed E-state index contributed by atoms with van der Waals surface area (Å²) in [7, 11) is 5.98. The van der Waals surface area contributed by atoms with Gasteiger partial charge in [0.25, 0.3) is 0 Å². The summed E-state index contributed by atoms with van der Waals surface area (Å²) in [6.45, 7) is 16.8. The van der Waals surface area contributed by atoms with Crippen molar-refractivity contribution in [1.82, 2.24) is 4.90 Å². The van der Waals surface area contributed by atoms with Gasteiger partial charge in [-0.2, -0.15) is 0 Å². The van der Waals surface area contributed by atoms with Crippen molar-refractivity contribution in [3.63, 3.8) is 0 Å². The fourth-order valence-electron chi connectivity index (χ4n) is 4.96. The van der Waals surface area contributed by atoms with E-state index in [1.165, 1.54) is 0 Å². The van der Waals surface area contributed by atoms with Gasteiger partial charge in [0.1, 0.15) is 30.9 Å². The molecule has 0 unspecified atom stereocenters. The van der Waals surface area contributed by atoms with E-state index in [9.17, 15) is 14.4 Å². The molecule has 0 atom stereocenters. The molecule has 2 radical (unpaired) electrons. The monoisotopic (exact) mass is 527 g/mol. The molecule has 1 heterocycles. The van der Waals surface area contributed by atoms with Gasteiger partial charge in [0, 0.05) is 25.9 Å². The Morgan fingerprint density at radius 3 is 1.87 bits per heavy atom. The van der Waals surface area contributed by atoms with Crippen LogP contribution in [0.25, 0.3) is 0 Å². The van der Waals surface area contributed by atoms with Gasteiger partial charge in [-0.05, 0) is 96.8 Å². The van der Waals surface area contributed by atoms with Gasteiger partial charge >= 0.3 is 6.09 Å². The van der Waals surface area contributed by atoms with Crippen LogP contribution in [0, 0.1) is 12.3 Å². The second-order valence-electron chi connectivity index (χ2n) is 13.1. The highest BCUT2D eigenvalue weighted by Gasteiger charge is 2.48. The van der Waals surface area contributed by atoms with Crippen LogP contribution in [-0.4, -0.2) is 70.5 Å². The summed E-state index contributed by atoms with van der Waals surface area (Å²) < 4.78 is 5.46. The first-order valence-electron chi connectivity index (χ1n) is 13.6. The molecule has 1 saturated heterocycles. The first-order valence-corrected chi connectivity index (χ1v) is 13.6. The number of nitrogens with zero attached hydrogens (tertiary/aromatic N) is 1. The van der Waals surface area contributed by atoms with Crippen molar-refractivity contribution < 1.29 is 29.3 Å². The van der Waals surface area contributed by atoms with Crippen molar-refractivity contribution in [2.45, 2.75) is 117 Å². The first kappa shape index (κ1) is 32.0. The van der Waals surface area contributed by atoms with Crippen LogP contribution in [0.3, 0.4) is 0 Å². The normalized spacial score (nSPS) is 18.8. The molecule has 1 aliphatic carbocycles. The number of ether oxygens (including phenoxy) is 1. The molecular weight excluding hydrogens is 481 g/mol. The zero-order chi connectivity index (χ0) is 29.3. The van der Waals surface area contributed by atoms with E-state index < -0.39 is 22.7 Å². The lowest BCUT2D eigenvalue weighted by Crippen LogP contribution is -2.49. The van der Waals surface area contributed by atoms with E-state index in [1.54, 1.807) is 32.6 Å². The average Bonchev–Trinajstić information content (AvgIpc) is 2.72. The van der Waals surface area contributed by atoms with Crippen LogP contribution < -0.4 is 5.46 Å². The fraction of sp³-hybridized carbons (Fsp3) is 0.700. The van der Waals surface area contributed by atoms with E-state index in [2.05, 4.69) is 0 Å². The third kappa shape index (κ3) is 7.92. The minimum atomic E-state index is -1.01. The summed E-state index contributed by atoms with van der Waals surface area (Å²) in [6, 6.07) is 3.73. The number of aliphatic hydroxyl groups is 2. The lowest BCUT2D eigenvalue weighted by atomic mass is 9.62. The van der Waals surface area contributed by atoms with Crippen molar-refractivity contribution in [1.29, 1.82) is 0 Å². The smallest absolute Gasteiger partial charge is 0.410 e. The SMILES string of the molecule is CC(C)(O)C(C)(C)O.[B]c1cc(C)c(C2C(=O)CC3(CCN(C(=O)OC(C)(C)C)CC3)CC2=O)c(CC)c1. The van der Waals surface area contributed by atoms with E-state index in [4.69, 9.17) is 22.8 Å². The Balaban J connectivity index is 0.000000550. The van der Waals surface area contributed by atoms with Crippen LogP contribution >= 0.6 is 0 Å². The molecule has 0 aromatic heterocycles. The van der Waals surface area contributed by atoms with Crippen LogP contribution in [-0.2, 0) is 20.7 Å². The second-order valence-corrected chi connectivity index (χ2v) is 13.1. The average molecular weight is 528 g/mol. The molecule has 1 amide bonds. The number of hydrogen-bond donors (Lipinski definition) is 2. The Morgan fingerprint density at radius 1 is 1.00 bits per heavy atom. The van der Waals surface area contributed by atoms with Crippen LogP contribution in [0.5, 0.6) is 0 Å². The van der Waals surface area contributed by atoms with E-state index in [1.807, 2.05) is 46.8 Å². The van der Waals surface area contributed by atoms with Crippen molar-refractivity contribution >= 4 is 31.0 Å². The Morgan fingerprint density at radius 2 is 1.47 bits per heavy atom. The van der Waals surface area contributed by atoms with E-state index in [-0.39, 0.29) is 23.1 Å². The number of piperidine rings is 1. The van der Waals surface area contributed by atoms with Gasteiger partial charge in [-0.3, -0.25) is 9.59 Å². The molecule has 0 bridgehead atoms. The number of carbonyl (C=O) groups excluding carboxylic acids is 3. The summed E-state index contributed by atoms with van der Waals surface area (Å²) in [5, 5.41) is 18.2. The Kier molecular flexibility index (Phi) is 9.70. The van der Waals surface area contributed by atoms with Gasteiger partial charge < -0.3 is 19.8 Å². The van der Waals surface area contributed by atoms with E-state index in [0.717, 1.165) is 23.1 Å². The highest BCUT2D eigenvalue weighted by atomic mass is 16.6. The Hall–Kier alpha value is -2.19. The molecule has 8 heteroatoms. The minimum Gasteiger partial charge on any atom is -0.444 e. The molecule has 1 aromatic carbocycles. The predicted molar refractivity (Wildman–Crippen MR) is 150 cm³/mol. The summed E-state index contributed by atoms with van der Waals surface area (Å²) >= 11 is 0. The second kappa shape index (κ2) is 11.5. The molecule has 2 aliphatic rings. The van der Waals surface area contributed by atoms with Gasteiger partial charge in [0.05, 0.1) is 11.2 Å². The highest BCUT2D eigenvalue weighted by Crippen LogP contribution is 2.46. The number of rotatable bonds is 3. The molecule has 1 saturated carbocycles. The number of hydrogen-bond acceptors (Lipinski definition) is 6. The van der Waals surface area contributed by atoms with Crippen molar-refractivity contribution in [2.24, 2.45) is 5.41 Å². The maximum Gasteiger partial charge on any atom is 0.410 e. The molecule has 38 heavy (non-hydrogen) atoms. The number of amides is 1. The summed E-state index contributed by atoms with van der Waals surface area (Å²) in [5.74, 6) is -0.686. The lowest BCUT2D eigenvalue weighted by Gasteiger charge is -2.44. The largest absolute Gasteiger partial charge is 0.444 e. The zero-order valence-electron chi connectivity index (χ0n) is 24.7. The molecular formula is C30H46BNO6. The molecule has 1 spiro atoms. The Bertz CT molecular complexity index is 1000. The number of carbonyl (C=O) groups is 3. The lowest BCUT2D eigenvalue weighted by molar-refractivity contribution is -0.138. The van der Waals surface area contributed by atoms with Crippen LogP contribution in [0.4, 0.5) is 4.79 Å². The van der Waals surface area contributed by atoms with Gasteiger partial charge in [-0.25, -0.2) is 4.79 Å². The topological polar surface area (TPSA) is 104 Å². The van der Waals surface area contributed by atoms with Gasteiger partial charge in [-0.1, -0.05) is 24.5 Å². The number of aryl methyl sites for hydroxylation is 2. The molecule has 1 aromatic rings. The molecule has 1 aliphatic heterocycles. The predicted octanol–water partition coefficient (Wildman–Crippen LogP) is 3.91. The molecule has 7 nitrogen and oxygen atoms in total. The van der Waals surface area contributed by atoms with Gasteiger partial charge in [-0.15, -0.1) is 0 Å². The van der Waals surface area contributed by atoms with Crippen LogP contribution in [0.1, 0.15) is 104 Å². The van der Waals surface area contributed by atoms with Crippen LogP contribution in [0.15, 0.2) is 12.1 Å². The van der Waals surface area contributed by atoms with Crippen molar-refractivity contribution in [3.05, 3.63) is 28.8 Å². The maximum atomic E-state index is 13.2. The number of ketones is 2. The number of Topliss-reactive ketones (excluding diaryl/α,β-unsaturated/α-hetero) is 2. The fourth-order valence-corrected chi connectivity index (χ4v) is 4.96.